The van der Waals surface area contributed by atoms with Gasteiger partial charge in [0.05, 0.1) is 17.7 Å². The van der Waals surface area contributed by atoms with Crippen LogP contribution in [0.1, 0.15) is 26.2 Å². The molecule has 1 heterocycles. The molecular weight excluding hydrogens is 352 g/mol. The van der Waals surface area contributed by atoms with Gasteiger partial charge in [0.2, 0.25) is 20.0 Å². The summed E-state index contributed by atoms with van der Waals surface area (Å²) in [6, 6.07) is 6.28. The molecule has 136 valence electrons. The van der Waals surface area contributed by atoms with E-state index in [9.17, 15) is 16.8 Å². The molecule has 0 unspecified atom stereocenters. The van der Waals surface area contributed by atoms with E-state index >= 15 is 0 Å². The van der Waals surface area contributed by atoms with Gasteiger partial charge >= 0.3 is 0 Å². The van der Waals surface area contributed by atoms with Crippen LogP contribution in [0.15, 0.2) is 24.3 Å². The average Bonchev–Trinajstić information content (AvgIpc) is 2.48. The lowest BCUT2D eigenvalue weighted by molar-refractivity contribution is 0.0876. The Morgan fingerprint density at radius 1 is 1.12 bits per heavy atom. The molecule has 1 aliphatic heterocycles. The number of hydrogen-bond acceptors (Lipinski definition) is 5. The Morgan fingerprint density at radius 2 is 1.71 bits per heavy atom. The maximum absolute atomic E-state index is 12.2. The first-order chi connectivity index (χ1) is 11.2. The monoisotopic (exact) mass is 376 g/mol. The average molecular weight is 377 g/mol. The molecule has 0 bridgehead atoms. The van der Waals surface area contributed by atoms with Crippen molar-refractivity contribution in [2.45, 2.75) is 32.2 Å². The first-order valence-corrected chi connectivity index (χ1v) is 11.4. The molecule has 0 aromatic heterocycles. The maximum atomic E-state index is 12.2. The SMILES string of the molecule is CCCS(=O)(=O)Nc1ccc(N(C2CCOCC2)S(C)(=O)=O)cc1. The fourth-order valence-corrected chi connectivity index (χ4v) is 5.16. The quantitative estimate of drug-likeness (QED) is 0.783. The predicted molar refractivity (Wildman–Crippen MR) is 95.3 cm³/mol. The Bertz CT molecular complexity index is 739. The second kappa shape index (κ2) is 7.71. The molecule has 0 atom stereocenters. The van der Waals surface area contributed by atoms with Crippen LogP contribution >= 0.6 is 0 Å². The second-order valence-corrected chi connectivity index (χ2v) is 9.57. The van der Waals surface area contributed by atoms with E-state index in [1.165, 1.54) is 10.6 Å². The van der Waals surface area contributed by atoms with Gasteiger partial charge in [-0.05, 0) is 43.5 Å². The van der Waals surface area contributed by atoms with Crippen molar-refractivity contribution in [3.05, 3.63) is 24.3 Å². The molecule has 24 heavy (non-hydrogen) atoms. The van der Waals surface area contributed by atoms with E-state index in [1.54, 1.807) is 31.2 Å². The molecule has 0 radical (unpaired) electrons. The van der Waals surface area contributed by atoms with Crippen LogP contribution in [0.3, 0.4) is 0 Å². The van der Waals surface area contributed by atoms with Crippen molar-refractivity contribution >= 4 is 31.4 Å². The molecule has 0 amide bonds. The molecule has 9 heteroatoms. The van der Waals surface area contributed by atoms with Crippen LogP contribution in [0.4, 0.5) is 11.4 Å². The van der Waals surface area contributed by atoms with E-state index in [0.717, 1.165) is 0 Å². The number of nitrogens with zero attached hydrogens (tertiary/aromatic N) is 1. The van der Waals surface area contributed by atoms with Gasteiger partial charge in [0.25, 0.3) is 0 Å². The Kier molecular flexibility index (Phi) is 6.11. The van der Waals surface area contributed by atoms with Gasteiger partial charge in [-0.3, -0.25) is 9.03 Å². The largest absolute Gasteiger partial charge is 0.381 e. The highest BCUT2D eigenvalue weighted by Crippen LogP contribution is 2.27. The summed E-state index contributed by atoms with van der Waals surface area (Å²) < 4.78 is 57.2. The summed E-state index contributed by atoms with van der Waals surface area (Å²) in [6.45, 7) is 2.86. The lowest BCUT2D eigenvalue weighted by atomic mass is 10.1. The van der Waals surface area contributed by atoms with Crippen molar-refractivity contribution < 1.29 is 21.6 Å². The fourth-order valence-electron chi connectivity index (χ4n) is 2.77. The second-order valence-electron chi connectivity index (χ2n) is 5.87. The van der Waals surface area contributed by atoms with Crippen LogP contribution in [0, 0.1) is 0 Å². The minimum atomic E-state index is -3.44. The fraction of sp³-hybridized carbons (Fsp3) is 0.600. The number of nitrogens with one attached hydrogen (secondary N) is 1. The highest BCUT2D eigenvalue weighted by molar-refractivity contribution is 7.92. The van der Waals surface area contributed by atoms with E-state index in [4.69, 9.17) is 4.74 Å². The number of anilines is 2. The van der Waals surface area contributed by atoms with Crippen LogP contribution in [0.5, 0.6) is 0 Å². The van der Waals surface area contributed by atoms with Crippen LogP contribution in [0.2, 0.25) is 0 Å². The number of rotatable bonds is 7. The number of ether oxygens (including phenoxy) is 1. The van der Waals surface area contributed by atoms with Crippen LogP contribution in [0.25, 0.3) is 0 Å². The highest BCUT2D eigenvalue weighted by atomic mass is 32.2. The molecule has 2 rings (SSSR count). The predicted octanol–water partition coefficient (Wildman–Crippen LogP) is 1.78. The zero-order valence-corrected chi connectivity index (χ0v) is 15.6. The van der Waals surface area contributed by atoms with Crippen molar-refractivity contribution in [1.29, 1.82) is 0 Å². The van der Waals surface area contributed by atoms with Gasteiger partial charge < -0.3 is 4.74 Å². The first kappa shape index (κ1) is 19.0. The standard InChI is InChI=1S/C15H24N2O5S2/c1-3-12-24(20,21)16-13-4-6-14(7-5-13)17(23(2,18)19)15-8-10-22-11-9-15/h4-7,15-16H,3,8-12H2,1-2H3. The smallest absolute Gasteiger partial charge is 0.232 e. The van der Waals surface area contributed by atoms with Crippen molar-refractivity contribution in [2.75, 3.05) is 34.2 Å². The highest BCUT2D eigenvalue weighted by Gasteiger charge is 2.28. The van der Waals surface area contributed by atoms with Gasteiger partial charge in [-0.25, -0.2) is 16.8 Å². The van der Waals surface area contributed by atoms with Gasteiger partial charge in [0.1, 0.15) is 0 Å². The Labute approximate surface area is 144 Å². The van der Waals surface area contributed by atoms with Gasteiger partial charge in [0.15, 0.2) is 0 Å². The third-order valence-electron chi connectivity index (χ3n) is 3.75. The van der Waals surface area contributed by atoms with E-state index in [2.05, 4.69) is 4.72 Å². The van der Waals surface area contributed by atoms with E-state index in [1.807, 2.05) is 0 Å². The molecule has 1 aromatic rings. The molecule has 0 spiro atoms. The number of benzene rings is 1. The third kappa shape index (κ3) is 5.09. The van der Waals surface area contributed by atoms with E-state index < -0.39 is 20.0 Å². The summed E-state index contributed by atoms with van der Waals surface area (Å²) in [5.74, 6) is 0.0479. The van der Waals surface area contributed by atoms with E-state index in [-0.39, 0.29) is 11.8 Å². The maximum Gasteiger partial charge on any atom is 0.232 e. The molecule has 1 fully saturated rings. The molecule has 0 aliphatic carbocycles. The summed E-state index contributed by atoms with van der Waals surface area (Å²) in [6.07, 6.45) is 2.98. The molecule has 7 nitrogen and oxygen atoms in total. The van der Waals surface area contributed by atoms with Gasteiger partial charge in [-0.2, -0.15) is 0 Å². The lowest BCUT2D eigenvalue weighted by Gasteiger charge is -2.34. The Balaban J connectivity index is 2.22. The number of sulfonamides is 2. The summed E-state index contributed by atoms with van der Waals surface area (Å²) in [7, 11) is -6.80. The summed E-state index contributed by atoms with van der Waals surface area (Å²) in [5, 5.41) is 0. The summed E-state index contributed by atoms with van der Waals surface area (Å²) in [5.41, 5.74) is 0.954. The topological polar surface area (TPSA) is 92.8 Å². The molecule has 1 aliphatic rings. The van der Waals surface area contributed by atoms with E-state index in [0.29, 0.717) is 43.9 Å². The molecular formula is C15H24N2O5S2. The number of hydrogen-bond donors (Lipinski definition) is 1. The zero-order chi connectivity index (χ0) is 17.8. The zero-order valence-electron chi connectivity index (χ0n) is 13.9. The van der Waals surface area contributed by atoms with Gasteiger partial charge in [-0.1, -0.05) is 6.92 Å². The summed E-state index contributed by atoms with van der Waals surface area (Å²) in [4.78, 5) is 0. The minimum Gasteiger partial charge on any atom is -0.381 e. The molecule has 1 N–H and O–H groups in total. The summed E-state index contributed by atoms with van der Waals surface area (Å²) >= 11 is 0. The van der Waals surface area contributed by atoms with Crippen LogP contribution in [-0.2, 0) is 24.8 Å². The van der Waals surface area contributed by atoms with Crippen LogP contribution in [-0.4, -0.2) is 48.1 Å². The normalized spacial score (nSPS) is 16.8. The van der Waals surface area contributed by atoms with Crippen molar-refractivity contribution in [3.8, 4) is 0 Å². The van der Waals surface area contributed by atoms with Crippen LogP contribution < -0.4 is 9.03 Å². The van der Waals surface area contributed by atoms with Crippen molar-refractivity contribution in [3.63, 3.8) is 0 Å². The van der Waals surface area contributed by atoms with Crippen molar-refractivity contribution in [2.24, 2.45) is 0 Å². The van der Waals surface area contributed by atoms with Gasteiger partial charge in [-0.15, -0.1) is 0 Å². The lowest BCUT2D eigenvalue weighted by Crippen LogP contribution is -2.43. The molecule has 0 saturated carbocycles. The van der Waals surface area contributed by atoms with Crippen molar-refractivity contribution in [1.82, 2.24) is 0 Å². The van der Waals surface area contributed by atoms with Gasteiger partial charge in [0, 0.05) is 24.9 Å². The Morgan fingerprint density at radius 3 is 2.21 bits per heavy atom. The molecule has 1 saturated heterocycles. The minimum absolute atomic E-state index is 0.0479. The first-order valence-electron chi connectivity index (χ1n) is 7.90. The molecule has 1 aromatic carbocycles. The Hall–Kier alpha value is -1.32. The third-order valence-corrected chi connectivity index (χ3v) is 6.46.